The van der Waals surface area contributed by atoms with Crippen LogP contribution in [0.25, 0.3) is 0 Å². The number of hydrogen-bond acceptors (Lipinski definition) is 5. The summed E-state index contributed by atoms with van der Waals surface area (Å²) >= 11 is 0. The molecule has 0 aromatic rings. The van der Waals surface area contributed by atoms with Gasteiger partial charge in [-0.3, -0.25) is 0 Å². The van der Waals surface area contributed by atoms with Gasteiger partial charge in [-0.2, -0.15) is 8.78 Å². The molecule has 0 radical (unpaired) electrons. The lowest BCUT2D eigenvalue weighted by atomic mass is 10.1. The van der Waals surface area contributed by atoms with Crippen molar-refractivity contribution in [2.75, 3.05) is 13.2 Å². The van der Waals surface area contributed by atoms with Crippen LogP contribution in [0.3, 0.4) is 0 Å². The van der Waals surface area contributed by atoms with Crippen LogP contribution in [0.15, 0.2) is 0 Å². The number of aliphatic hydroxyl groups is 1. The molecule has 0 bridgehead atoms. The van der Waals surface area contributed by atoms with E-state index in [4.69, 9.17) is 9.47 Å². The summed E-state index contributed by atoms with van der Waals surface area (Å²) in [4.78, 5) is 11.0. The minimum Gasteiger partial charge on any atom is -0.461 e. The maximum absolute atomic E-state index is 13.4. The Morgan fingerprint density at radius 2 is 2.24 bits per heavy atom. The molecule has 1 rings (SSSR count). The summed E-state index contributed by atoms with van der Waals surface area (Å²) in [6, 6.07) is 0. The van der Waals surface area contributed by atoms with E-state index in [1.54, 1.807) is 0 Å². The highest BCUT2D eigenvalue weighted by Crippen LogP contribution is 2.31. The molecule has 17 heavy (non-hydrogen) atoms. The van der Waals surface area contributed by atoms with E-state index in [-0.39, 0.29) is 13.2 Å². The quantitative estimate of drug-likeness (QED) is 0.748. The Bertz CT molecular complexity index is 292. The second-order valence-corrected chi connectivity index (χ2v) is 4.16. The summed E-state index contributed by atoms with van der Waals surface area (Å²) in [5.41, 5.74) is 0. The predicted molar refractivity (Wildman–Crippen MR) is 52.5 cm³/mol. The van der Waals surface area contributed by atoms with Crippen LogP contribution in [0, 0.1) is 0 Å². The monoisotopic (exact) mass is 254 g/mol. The van der Waals surface area contributed by atoms with Gasteiger partial charge in [-0.05, 0) is 20.8 Å². The number of halogens is 2. The first-order chi connectivity index (χ1) is 7.70. The number of ether oxygens (including phenoxy) is 3. The lowest BCUT2D eigenvalue weighted by molar-refractivity contribution is -0.210. The second kappa shape index (κ2) is 4.83. The van der Waals surface area contributed by atoms with Crippen LogP contribution >= 0.6 is 0 Å². The highest BCUT2D eigenvalue weighted by Gasteiger charge is 2.54. The molecule has 0 unspecified atom stereocenters. The minimum absolute atomic E-state index is 0.186. The fraction of sp³-hybridized carbons (Fsp3) is 0.900. The molecule has 1 saturated heterocycles. The van der Waals surface area contributed by atoms with Gasteiger partial charge in [0.05, 0.1) is 13.2 Å². The molecule has 1 N–H and O–H groups in total. The summed E-state index contributed by atoms with van der Waals surface area (Å²) in [7, 11) is 0. The van der Waals surface area contributed by atoms with Crippen molar-refractivity contribution < 1.29 is 32.9 Å². The van der Waals surface area contributed by atoms with Gasteiger partial charge in [-0.1, -0.05) is 0 Å². The topological polar surface area (TPSA) is 65.0 Å². The Kier molecular flexibility index (Phi) is 4.06. The summed E-state index contributed by atoms with van der Waals surface area (Å²) in [6.45, 7) is 4.07. The minimum atomic E-state index is -4.01. The van der Waals surface area contributed by atoms with Crippen LogP contribution in [-0.4, -0.2) is 48.2 Å². The van der Waals surface area contributed by atoms with Crippen molar-refractivity contribution in [2.24, 2.45) is 0 Å². The van der Waals surface area contributed by atoms with E-state index in [1.165, 1.54) is 20.8 Å². The molecule has 1 fully saturated rings. The van der Waals surface area contributed by atoms with Crippen LogP contribution in [0.2, 0.25) is 0 Å². The molecule has 1 aliphatic heterocycles. The fourth-order valence-corrected chi connectivity index (χ4v) is 1.45. The molecular formula is C10H16F2O5. The van der Waals surface area contributed by atoms with Crippen LogP contribution in [0.5, 0.6) is 0 Å². The van der Waals surface area contributed by atoms with Gasteiger partial charge in [-0.25, -0.2) is 4.79 Å². The van der Waals surface area contributed by atoms with E-state index in [9.17, 15) is 18.7 Å². The van der Waals surface area contributed by atoms with Crippen molar-refractivity contribution >= 4 is 5.97 Å². The number of carbonyl (C=O) groups is 1. The third kappa shape index (κ3) is 3.11. The fourth-order valence-electron chi connectivity index (χ4n) is 1.45. The highest BCUT2D eigenvalue weighted by molar-refractivity contribution is 5.78. The predicted octanol–water partition coefficient (Wildman–Crippen LogP) is 0.697. The third-order valence-electron chi connectivity index (χ3n) is 2.30. The molecular weight excluding hydrogens is 238 g/mol. The molecule has 5 nitrogen and oxygen atoms in total. The molecule has 0 aromatic heterocycles. The van der Waals surface area contributed by atoms with E-state index in [0.717, 1.165) is 0 Å². The number of carbonyl (C=O) groups excluding carboxylic acids is 1. The zero-order valence-electron chi connectivity index (χ0n) is 9.91. The van der Waals surface area contributed by atoms with Crippen molar-refractivity contribution in [3.05, 3.63) is 0 Å². The Balaban J connectivity index is 2.69. The van der Waals surface area contributed by atoms with Crippen molar-refractivity contribution in [2.45, 2.75) is 44.7 Å². The molecule has 100 valence electrons. The zero-order valence-corrected chi connectivity index (χ0v) is 9.91. The van der Waals surface area contributed by atoms with Crippen molar-refractivity contribution in [3.63, 3.8) is 0 Å². The van der Waals surface area contributed by atoms with Crippen LogP contribution in [-0.2, 0) is 19.0 Å². The summed E-state index contributed by atoms with van der Waals surface area (Å²) in [5, 5.41) is 9.45. The van der Waals surface area contributed by atoms with Gasteiger partial charge >= 0.3 is 11.9 Å². The average molecular weight is 254 g/mol. The first kappa shape index (κ1) is 14.3. The van der Waals surface area contributed by atoms with Gasteiger partial charge in [0.1, 0.15) is 6.10 Å². The summed E-state index contributed by atoms with van der Waals surface area (Å²) in [6.07, 6.45) is -3.55. The number of hydrogen-bond donors (Lipinski definition) is 1. The van der Waals surface area contributed by atoms with Gasteiger partial charge in [0.25, 0.3) is 0 Å². The maximum atomic E-state index is 13.4. The van der Waals surface area contributed by atoms with Gasteiger partial charge < -0.3 is 19.3 Å². The van der Waals surface area contributed by atoms with E-state index in [2.05, 4.69) is 4.74 Å². The lowest BCUT2D eigenvalue weighted by Gasteiger charge is -2.25. The SMILES string of the molecule is CCOC(=O)C(F)(F)[C@H](O)[C@H]1COC(C)(C)O1. The first-order valence-electron chi connectivity index (χ1n) is 5.25. The zero-order chi connectivity index (χ0) is 13.3. The molecule has 1 heterocycles. The van der Waals surface area contributed by atoms with Gasteiger partial charge in [0, 0.05) is 0 Å². The molecule has 2 atom stereocenters. The van der Waals surface area contributed by atoms with Crippen molar-refractivity contribution in [3.8, 4) is 0 Å². The first-order valence-corrected chi connectivity index (χ1v) is 5.25. The number of alkyl halides is 2. The van der Waals surface area contributed by atoms with Crippen LogP contribution < -0.4 is 0 Å². The number of aliphatic hydroxyl groups excluding tert-OH is 1. The van der Waals surface area contributed by atoms with E-state index in [1.807, 2.05) is 0 Å². The normalized spacial score (nSPS) is 25.6. The van der Waals surface area contributed by atoms with E-state index < -0.39 is 29.9 Å². The second-order valence-electron chi connectivity index (χ2n) is 4.16. The third-order valence-corrected chi connectivity index (χ3v) is 2.30. The molecule has 0 aliphatic carbocycles. The lowest BCUT2D eigenvalue weighted by Crippen LogP contribution is -2.50. The number of esters is 1. The summed E-state index contributed by atoms with van der Waals surface area (Å²) < 4.78 is 41.2. The largest absolute Gasteiger partial charge is 0.461 e. The standard InChI is InChI=1S/C10H16F2O5/c1-4-15-8(14)10(11,12)7(13)6-5-16-9(2,3)17-6/h6-7,13H,4-5H2,1-3H3/t6-,7-/m1/s1. The van der Waals surface area contributed by atoms with Gasteiger partial charge in [-0.15, -0.1) is 0 Å². The Hall–Kier alpha value is -0.790. The van der Waals surface area contributed by atoms with Gasteiger partial charge in [0.15, 0.2) is 11.9 Å². The maximum Gasteiger partial charge on any atom is 0.379 e. The average Bonchev–Trinajstić information content (AvgIpc) is 2.58. The van der Waals surface area contributed by atoms with Crippen LogP contribution in [0.4, 0.5) is 8.78 Å². The van der Waals surface area contributed by atoms with Gasteiger partial charge in [0.2, 0.25) is 0 Å². The molecule has 1 aliphatic rings. The Labute approximate surface area is 97.6 Å². The molecule has 7 heteroatoms. The van der Waals surface area contributed by atoms with Crippen molar-refractivity contribution in [1.29, 1.82) is 0 Å². The van der Waals surface area contributed by atoms with Crippen molar-refractivity contribution in [1.82, 2.24) is 0 Å². The Morgan fingerprint density at radius 3 is 2.65 bits per heavy atom. The smallest absolute Gasteiger partial charge is 0.379 e. The van der Waals surface area contributed by atoms with Crippen LogP contribution in [0.1, 0.15) is 20.8 Å². The van der Waals surface area contributed by atoms with E-state index in [0.29, 0.717) is 0 Å². The molecule has 0 aromatic carbocycles. The highest BCUT2D eigenvalue weighted by atomic mass is 19.3. The number of rotatable bonds is 4. The molecule has 0 saturated carbocycles. The summed E-state index contributed by atoms with van der Waals surface area (Å²) in [5.74, 6) is -6.82. The van der Waals surface area contributed by atoms with E-state index >= 15 is 0 Å². The molecule has 0 spiro atoms. The molecule has 0 amide bonds. The Morgan fingerprint density at radius 1 is 1.65 bits per heavy atom.